The molecule has 4 fully saturated rings. The van der Waals surface area contributed by atoms with Gasteiger partial charge in [-0.1, -0.05) is 57.0 Å². The van der Waals surface area contributed by atoms with Crippen molar-refractivity contribution in [2.45, 2.75) is 84.0 Å². The van der Waals surface area contributed by atoms with Crippen molar-refractivity contribution in [1.82, 2.24) is 10.6 Å². The van der Waals surface area contributed by atoms with Gasteiger partial charge in [-0.25, -0.2) is 0 Å². The van der Waals surface area contributed by atoms with Crippen LogP contribution in [0.25, 0.3) is 0 Å². The highest BCUT2D eigenvalue weighted by molar-refractivity contribution is 6.48. The predicted molar refractivity (Wildman–Crippen MR) is 172 cm³/mol. The molecule has 3 aliphatic carbocycles. The van der Waals surface area contributed by atoms with Crippen molar-refractivity contribution in [3.63, 3.8) is 0 Å². The Labute approximate surface area is 271 Å². The Bertz CT molecular complexity index is 1410. The molecule has 1 saturated heterocycles. The maximum atomic E-state index is 14.1. The maximum absolute atomic E-state index is 14.1. The van der Waals surface area contributed by atoms with Crippen LogP contribution in [-0.4, -0.2) is 56.8 Å². The zero-order chi connectivity index (χ0) is 32.0. The van der Waals surface area contributed by atoms with E-state index in [2.05, 4.69) is 45.3 Å². The van der Waals surface area contributed by atoms with Crippen molar-refractivity contribution in [2.24, 2.45) is 23.2 Å². The molecule has 0 radical (unpaired) electrons. The van der Waals surface area contributed by atoms with Gasteiger partial charge in [-0.05, 0) is 79.2 Å². The standard InChI is InChI=1S/C33H43BCl2N2O6/c1-18(2)12-29(34-43-28-15-20-14-27(32(20,3)4)33(28,5)44-34)38-31(40)25(13-19-8-10-22(41-6)17-26(19)42-7)37-30(39)23-16-21(35)9-11-24(23)36/h8-11,16-18,20,25,27-29H,12-15H2,1-7H3,(H,37,39)(H,38,40)/t20-,25-,27-,28+,29-,33-/m0/s1. The molecule has 1 aliphatic heterocycles. The van der Waals surface area contributed by atoms with Crippen LogP contribution in [0.1, 0.15) is 69.8 Å². The first-order valence-corrected chi connectivity index (χ1v) is 16.1. The number of rotatable bonds is 11. The van der Waals surface area contributed by atoms with Gasteiger partial charge in [-0.2, -0.15) is 0 Å². The molecule has 3 saturated carbocycles. The summed E-state index contributed by atoms with van der Waals surface area (Å²) in [6.07, 6.45) is 2.88. The van der Waals surface area contributed by atoms with Gasteiger partial charge in [0.1, 0.15) is 17.5 Å². The molecule has 6 rings (SSSR count). The second kappa shape index (κ2) is 12.7. The monoisotopic (exact) mass is 644 g/mol. The molecule has 2 aromatic rings. The van der Waals surface area contributed by atoms with Crippen LogP contribution in [0.15, 0.2) is 36.4 Å². The zero-order valence-electron chi connectivity index (χ0n) is 26.5. The lowest BCUT2D eigenvalue weighted by Gasteiger charge is -2.64. The maximum Gasteiger partial charge on any atom is 0.481 e. The summed E-state index contributed by atoms with van der Waals surface area (Å²) in [5.41, 5.74) is 0.698. The van der Waals surface area contributed by atoms with Gasteiger partial charge in [0.2, 0.25) is 5.91 Å². The van der Waals surface area contributed by atoms with Crippen molar-refractivity contribution in [2.75, 3.05) is 14.2 Å². The Hall–Kier alpha value is -2.46. The van der Waals surface area contributed by atoms with Crippen LogP contribution in [0.3, 0.4) is 0 Å². The molecule has 2 aromatic carbocycles. The summed E-state index contributed by atoms with van der Waals surface area (Å²) in [6, 6.07) is 9.04. The molecule has 6 atom stereocenters. The smallest absolute Gasteiger partial charge is 0.481 e. The molecule has 11 heteroatoms. The number of benzene rings is 2. The fourth-order valence-corrected chi connectivity index (χ4v) is 7.83. The minimum Gasteiger partial charge on any atom is -0.497 e. The summed E-state index contributed by atoms with van der Waals surface area (Å²) >= 11 is 12.5. The number of methoxy groups -OCH3 is 2. The highest BCUT2D eigenvalue weighted by Gasteiger charge is 2.68. The zero-order valence-corrected chi connectivity index (χ0v) is 28.1. The SMILES string of the molecule is COc1ccc(C[C@H](NC(=O)c2cc(Cl)ccc2Cl)C(=O)N[C@@H](CC(C)C)B2O[C@@H]3C[C@@H]4C[C@@H](C4(C)C)[C@]3(C)O2)c(OC)c1. The highest BCUT2D eigenvalue weighted by atomic mass is 35.5. The molecule has 2 amide bonds. The second-order valence-corrected chi connectivity index (χ2v) is 14.5. The quantitative estimate of drug-likeness (QED) is 0.285. The van der Waals surface area contributed by atoms with E-state index in [1.54, 1.807) is 38.5 Å². The van der Waals surface area contributed by atoms with Crippen LogP contribution < -0.4 is 20.1 Å². The van der Waals surface area contributed by atoms with Crippen molar-refractivity contribution in [3.05, 3.63) is 57.6 Å². The number of nitrogens with one attached hydrogen (secondary N) is 2. The third-order valence-electron chi connectivity index (χ3n) is 10.1. The average Bonchev–Trinajstić information content (AvgIpc) is 3.34. The van der Waals surface area contributed by atoms with Crippen molar-refractivity contribution < 1.29 is 28.4 Å². The molecule has 0 spiro atoms. The topological polar surface area (TPSA) is 95.1 Å². The third-order valence-corrected chi connectivity index (χ3v) is 10.6. The largest absolute Gasteiger partial charge is 0.497 e. The molecule has 8 nitrogen and oxygen atoms in total. The molecule has 238 valence electrons. The normalized spacial score (nSPS) is 26.3. The Morgan fingerprint density at radius 1 is 1.05 bits per heavy atom. The molecule has 2 N–H and O–H groups in total. The minimum atomic E-state index is -0.972. The Kier molecular flexibility index (Phi) is 9.53. The van der Waals surface area contributed by atoms with E-state index in [1.165, 1.54) is 6.07 Å². The van der Waals surface area contributed by atoms with Crippen molar-refractivity contribution in [1.29, 1.82) is 0 Å². The number of hydrogen-bond acceptors (Lipinski definition) is 6. The molecular formula is C33H43BCl2N2O6. The Morgan fingerprint density at radius 2 is 1.80 bits per heavy atom. The van der Waals surface area contributed by atoms with Gasteiger partial charge >= 0.3 is 7.12 Å². The van der Waals surface area contributed by atoms with Crippen LogP contribution in [0.5, 0.6) is 11.5 Å². The lowest BCUT2D eigenvalue weighted by molar-refractivity contribution is -0.199. The van der Waals surface area contributed by atoms with Crippen molar-refractivity contribution >= 4 is 42.1 Å². The molecule has 2 bridgehead atoms. The number of carbonyl (C=O) groups excluding carboxylic acids is 2. The van der Waals surface area contributed by atoms with E-state index >= 15 is 0 Å². The Balaban J connectivity index is 1.40. The number of hydrogen-bond donors (Lipinski definition) is 2. The second-order valence-electron chi connectivity index (χ2n) is 13.6. The van der Waals surface area contributed by atoms with Gasteiger partial charge in [0.25, 0.3) is 5.91 Å². The summed E-state index contributed by atoms with van der Waals surface area (Å²) in [5.74, 6) is 1.13. The predicted octanol–water partition coefficient (Wildman–Crippen LogP) is 6.15. The van der Waals surface area contributed by atoms with E-state index in [9.17, 15) is 9.59 Å². The van der Waals surface area contributed by atoms with E-state index in [1.807, 2.05) is 6.07 Å². The van der Waals surface area contributed by atoms with E-state index in [4.69, 9.17) is 42.0 Å². The molecule has 0 unspecified atom stereocenters. The van der Waals surface area contributed by atoms with Gasteiger partial charge in [-0.15, -0.1) is 0 Å². The summed E-state index contributed by atoms with van der Waals surface area (Å²) < 4.78 is 24.3. The van der Waals surface area contributed by atoms with E-state index in [0.717, 1.165) is 18.4 Å². The van der Waals surface area contributed by atoms with Crippen LogP contribution in [0.4, 0.5) is 0 Å². The molecule has 4 aliphatic rings. The lowest BCUT2D eigenvalue weighted by Crippen LogP contribution is -2.65. The number of ether oxygens (including phenoxy) is 2. The molecule has 1 heterocycles. The average molecular weight is 645 g/mol. The van der Waals surface area contributed by atoms with Gasteiger partial charge in [-0.3, -0.25) is 9.59 Å². The molecule has 0 aromatic heterocycles. The molecular weight excluding hydrogens is 602 g/mol. The lowest BCUT2D eigenvalue weighted by atomic mass is 9.43. The Morgan fingerprint density at radius 3 is 2.45 bits per heavy atom. The summed E-state index contributed by atoms with van der Waals surface area (Å²) in [7, 11) is 2.53. The van der Waals surface area contributed by atoms with Crippen LogP contribution in [-0.2, 0) is 20.5 Å². The van der Waals surface area contributed by atoms with Crippen LogP contribution in [0, 0.1) is 23.2 Å². The fourth-order valence-electron chi connectivity index (χ4n) is 7.46. The minimum absolute atomic E-state index is 0.0140. The molecule has 44 heavy (non-hydrogen) atoms. The first-order chi connectivity index (χ1) is 20.8. The van der Waals surface area contributed by atoms with Gasteiger partial charge in [0.15, 0.2) is 0 Å². The fraction of sp³-hybridized carbons (Fsp3) is 0.576. The highest BCUT2D eigenvalue weighted by Crippen LogP contribution is 2.65. The summed E-state index contributed by atoms with van der Waals surface area (Å²) in [5, 5.41) is 6.69. The van der Waals surface area contributed by atoms with Gasteiger partial charge < -0.3 is 29.4 Å². The van der Waals surface area contributed by atoms with Crippen molar-refractivity contribution in [3.8, 4) is 11.5 Å². The first-order valence-electron chi connectivity index (χ1n) is 15.4. The first kappa shape index (κ1) is 32.9. The van der Waals surface area contributed by atoms with Crippen LogP contribution in [0.2, 0.25) is 10.0 Å². The summed E-state index contributed by atoms with van der Waals surface area (Å²) in [4.78, 5) is 27.6. The number of carbonyl (C=O) groups is 2. The third kappa shape index (κ3) is 6.30. The van der Waals surface area contributed by atoms with Gasteiger partial charge in [0.05, 0.1) is 42.5 Å². The van der Waals surface area contributed by atoms with E-state index in [0.29, 0.717) is 34.8 Å². The summed E-state index contributed by atoms with van der Waals surface area (Å²) in [6.45, 7) is 11.0. The number of halogens is 2. The number of amides is 2. The van der Waals surface area contributed by atoms with E-state index < -0.39 is 30.6 Å². The van der Waals surface area contributed by atoms with Crippen LogP contribution >= 0.6 is 23.2 Å². The van der Waals surface area contributed by atoms with E-state index in [-0.39, 0.29) is 40.4 Å². The van der Waals surface area contributed by atoms with Gasteiger partial charge in [0, 0.05) is 17.5 Å².